The van der Waals surface area contributed by atoms with Crippen LogP contribution in [0.2, 0.25) is 0 Å². The van der Waals surface area contributed by atoms with Gasteiger partial charge in [0.1, 0.15) is 12.1 Å². The average molecular weight is 344 g/mol. The number of methoxy groups -OCH3 is 1. The normalized spacial score (nSPS) is 30.4. The fraction of sp³-hybridized carbons (Fsp3) is 0.737. The van der Waals surface area contributed by atoms with Gasteiger partial charge >= 0.3 is 0 Å². The number of nitrogens with one attached hydrogen (secondary N) is 1. The Labute approximate surface area is 149 Å². The third-order valence-electron chi connectivity index (χ3n) is 6.21. The first-order valence-corrected chi connectivity index (χ1v) is 9.39. The van der Waals surface area contributed by atoms with Crippen molar-refractivity contribution in [2.45, 2.75) is 58.2 Å². The third-order valence-corrected chi connectivity index (χ3v) is 6.21. The highest BCUT2D eigenvalue weighted by Gasteiger charge is 2.60. The first kappa shape index (κ1) is 16.8. The predicted molar refractivity (Wildman–Crippen MR) is 95.0 cm³/mol. The van der Waals surface area contributed by atoms with Crippen molar-refractivity contribution in [2.24, 2.45) is 17.3 Å². The molecule has 6 heteroatoms. The first-order chi connectivity index (χ1) is 12.0. The van der Waals surface area contributed by atoms with Crippen LogP contribution in [0.5, 0.6) is 0 Å². The van der Waals surface area contributed by atoms with Crippen LogP contribution in [0.1, 0.15) is 45.2 Å². The zero-order chi connectivity index (χ0) is 17.6. The van der Waals surface area contributed by atoms with Crippen molar-refractivity contribution < 1.29 is 9.53 Å². The molecule has 1 N–H and O–H groups in total. The van der Waals surface area contributed by atoms with Crippen LogP contribution in [0.4, 0.5) is 5.82 Å². The Morgan fingerprint density at radius 1 is 1.36 bits per heavy atom. The smallest absolute Gasteiger partial charge is 0.223 e. The van der Waals surface area contributed by atoms with E-state index in [0.717, 1.165) is 37.3 Å². The largest absolute Gasteiger partial charge is 0.378 e. The Balaban J connectivity index is 1.53. The molecule has 2 heterocycles. The molecule has 1 aliphatic heterocycles. The van der Waals surface area contributed by atoms with Gasteiger partial charge in [-0.05, 0) is 25.7 Å². The summed E-state index contributed by atoms with van der Waals surface area (Å²) in [5.74, 6) is 2.02. The molecule has 1 saturated heterocycles. The highest BCUT2D eigenvalue weighted by atomic mass is 16.5. The second-order valence-corrected chi connectivity index (χ2v) is 8.33. The Hall–Kier alpha value is -1.69. The highest BCUT2D eigenvalue weighted by molar-refractivity contribution is 5.81. The maximum Gasteiger partial charge on any atom is 0.223 e. The minimum absolute atomic E-state index is 0.0437. The molecule has 3 fully saturated rings. The van der Waals surface area contributed by atoms with E-state index in [-0.39, 0.29) is 23.3 Å². The van der Waals surface area contributed by atoms with E-state index in [0.29, 0.717) is 18.6 Å². The van der Waals surface area contributed by atoms with E-state index in [9.17, 15) is 4.79 Å². The monoisotopic (exact) mass is 344 g/mol. The number of carbonyl (C=O) groups excluding carboxylic acids is 1. The molecular weight excluding hydrogens is 316 g/mol. The number of anilines is 1. The Bertz CT molecular complexity index is 659. The van der Waals surface area contributed by atoms with Crippen LogP contribution in [-0.4, -0.2) is 41.6 Å². The maximum atomic E-state index is 12.3. The van der Waals surface area contributed by atoms with Crippen LogP contribution in [0.3, 0.4) is 0 Å². The molecule has 0 spiro atoms. The van der Waals surface area contributed by atoms with E-state index in [1.165, 1.54) is 6.42 Å². The summed E-state index contributed by atoms with van der Waals surface area (Å²) < 4.78 is 5.21. The van der Waals surface area contributed by atoms with Gasteiger partial charge in [0.25, 0.3) is 0 Å². The van der Waals surface area contributed by atoms with E-state index >= 15 is 0 Å². The molecule has 25 heavy (non-hydrogen) atoms. The Morgan fingerprint density at radius 3 is 2.88 bits per heavy atom. The molecule has 0 radical (unpaired) electrons. The topological polar surface area (TPSA) is 67.3 Å². The number of carbonyl (C=O) groups is 1. The number of aromatic nitrogens is 2. The SMILES string of the molecule is COCc1cc(N2CCCC3C(NC(=O)C4CC4)C(C)(C)C32)ncn1. The number of hydrogen-bond donors (Lipinski definition) is 1. The number of piperidine rings is 1. The zero-order valence-electron chi connectivity index (χ0n) is 15.4. The predicted octanol–water partition coefficient (Wildman–Crippen LogP) is 2.14. The molecule has 6 nitrogen and oxygen atoms in total. The summed E-state index contributed by atoms with van der Waals surface area (Å²) in [7, 11) is 1.68. The third kappa shape index (κ3) is 2.90. The second kappa shape index (κ2) is 6.24. The van der Waals surface area contributed by atoms with Crippen molar-refractivity contribution >= 4 is 11.7 Å². The number of rotatable bonds is 5. The Morgan fingerprint density at radius 2 is 2.16 bits per heavy atom. The van der Waals surface area contributed by atoms with Gasteiger partial charge in [-0.1, -0.05) is 13.8 Å². The number of hydrogen-bond acceptors (Lipinski definition) is 5. The van der Waals surface area contributed by atoms with E-state index in [1.54, 1.807) is 13.4 Å². The molecule has 3 unspecified atom stereocenters. The van der Waals surface area contributed by atoms with Crippen LogP contribution < -0.4 is 10.2 Å². The van der Waals surface area contributed by atoms with Gasteiger partial charge in [-0.3, -0.25) is 4.79 Å². The number of amides is 1. The quantitative estimate of drug-likeness (QED) is 0.886. The minimum atomic E-state index is 0.0437. The summed E-state index contributed by atoms with van der Waals surface area (Å²) in [6, 6.07) is 2.72. The van der Waals surface area contributed by atoms with Crippen molar-refractivity contribution in [1.29, 1.82) is 0 Å². The van der Waals surface area contributed by atoms with Crippen molar-refractivity contribution in [3.63, 3.8) is 0 Å². The summed E-state index contributed by atoms with van der Waals surface area (Å²) in [6.07, 6.45) is 6.06. The van der Waals surface area contributed by atoms with Crippen LogP contribution in [-0.2, 0) is 16.1 Å². The molecule has 1 amide bonds. The van der Waals surface area contributed by atoms with Crippen LogP contribution in [0.25, 0.3) is 0 Å². The summed E-state index contributed by atoms with van der Waals surface area (Å²) in [4.78, 5) is 23.5. The van der Waals surface area contributed by atoms with Crippen LogP contribution in [0, 0.1) is 17.3 Å². The lowest BCUT2D eigenvalue weighted by molar-refractivity contribution is -0.128. The van der Waals surface area contributed by atoms with Crippen molar-refractivity contribution in [2.75, 3.05) is 18.6 Å². The van der Waals surface area contributed by atoms with Gasteiger partial charge in [0, 0.05) is 49.1 Å². The van der Waals surface area contributed by atoms with Crippen molar-refractivity contribution in [1.82, 2.24) is 15.3 Å². The molecular formula is C19H28N4O2. The standard InChI is InChI=1S/C19H28N4O2/c1-19(2)16(22-18(24)12-6-7-12)14-5-4-8-23(17(14)19)15-9-13(10-25-3)20-11-21-15/h9,11-12,14,16-17H,4-8,10H2,1-3H3,(H,22,24). The lowest BCUT2D eigenvalue weighted by Gasteiger charge is -2.64. The lowest BCUT2D eigenvalue weighted by atomic mass is 9.52. The van der Waals surface area contributed by atoms with E-state index in [4.69, 9.17) is 4.74 Å². The molecule has 4 rings (SSSR count). The average Bonchev–Trinajstić information content (AvgIpc) is 3.44. The Kier molecular flexibility index (Phi) is 4.18. The van der Waals surface area contributed by atoms with Gasteiger partial charge in [0.05, 0.1) is 12.3 Å². The summed E-state index contributed by atoms with van der Waals surface area (Å²) in [6.45, 7) is 6.07. The summed E-state index contributed by atoms with van der Waals surface area (Å²) in [5, 5.41) is 3.35. The molecule has 1 aromatic rings. The maximum absolute atomic E-state index is 12.3. The van der Waals surface area contributed by atoms with Crippen molar-refractivity contribution in [3.8, 4) is 0 Å². The second-order valence-electron chi connectivity index (χ2n) is 8.33. The number of ether oxygens (including phenoxy) is 1. The lowest BCUT2D eigenvalue weighted by Crippen LogP contribution is -2.75. The number of fused-ring (bicyclic) bond motifs is 1. The molecule has 2 aliphatic carbocycles. The molecule has 3 aliphatic rings. The van der Waals surface area contributed by atoms with E-state index in [1.807, 2.05) is 6.07 Å². The number of nitrogens with zero attached hydrogens (tertiary/aromatic N) is 3. The van der Waals surface area contributed by atoms with Gasteiger partial charge in [-0.25, -0.2) is 9.97 Å². The van der Waals surface area contributed by atoms with Gasteiger partial charge < -0.3 is 15.0 Å². The molecule has 0 aromatic carbocycles. The first-order valence-electron chi connectivity index (χ1n) is 9.39. The molecule has 0 bridgehead atoms. The zero-order valence-corrected chi connectivity index (χ0v) is 15.4. The van der Waals surface area contributed by atoms with Gasteiger partial charge in [-0.15, -0.1) is 0 Å². The molecule has 3 atom stereocenters. The summed E-state index contributed by atoms with van der Waals surface area (Å²) >= 11 is 0. The van der Waals surface area contributed by atoms with Gasteiger partial charge in [-0.2, -0.15) is 0 Å². The molecule has 1 aromatic heterocycles. The summed E-state index contributed by atoms with van der Waals surface area (Å²) in [5.41, 5.74) is 0.951. The van der Waals surface area contributed by atoms with E-state index in [2.05, 4.69) is 34.0 Å². The fourth-order valence-electron chi connectivity index (χ4n) is 4.88. The fourth-order valence-corrected chi connectivity index (χ4v) is 4.88. The van der Waals surface area contributed by atoms with E-state index < -0.39 is 0 Å². The highest BCUT2D eigenvalue weighted by Crippen LogP contribution is 2.53. The van der Waals surface area contributed by atoms with Crippen LogP contribution in [0.15, 0.2) is 12.4 Å². The van der Waals surface area contributed by atoms with Gasteiger partial charge in [0.15, 0.2) is 0 Å². The minimum Gasteiger partial charge on any atom is -0.378 e. The van der Waals surface area contributed by atoms with Crippen molar-refractivity contribution in [3.05, 3.63) is 18.1 Å². The molecule has 136 valence electrons. The van der Waals surface area contributed by atoms with Gasteiger partial charge in [0.2, 0.25) is 5.91 Å². The van der Waals surface area contributed by atoms with Crippen LogP contribution >= 0.6 is 0 Å². The molecule has 2 saturated carbocycles.